The van der Waals surface area contributed by atoms with Gasteiger partial charge in [-0.1, -0.05) is 6.07 Å². The molecule has 0 saturated carbocycles. The van der Waals surface area contributed by atoms with E-state index in [0.717, 1.165) is 34.5 Å². The minimum Gasteiger partial charge on any atom is -0.491 e. The van der Waals surface area contributed by atoms with Crippen LogP contribution in [-0.4, -0.2) is 110 Å². The maximum Gasteiger partial charge on any atom is 0.418 e. The Morgan fingerprint density at radius 1 is 0.705 bits per heavy atom. The molecule has 0 bridgehead atoms. The van der Waals surface area contributed by atoms with Crippen molar-refractivity contribution in [3.63, 3.8) is 0 Å². The fourth-order valence-electron chi connectivity index (χ4n) is 4.95. The normalized spacial score (nSPS) is 12.2. The van der Waals surface area contributed by atoms with Gasteiger partial charge < -0.3 is 28.4 Å². The lowest BCUT2D eigenvalue weighted by Gasteiger charge is -2.17. The Hall–Kier alpha value is -6.79. The molecule has 0 aliphatic heterocycles. The van der Waals surface area contributed by atoms with Crippen molar-refractivity contribution < 1.29 is 80.4 Å². The minimum atomic E-state index is -5.14. The van der Waals surface area contributed by atoms with Gasteiger partial charge in [0, 0.05) is 6.20 Å². The van der Waals surface area contributed by atoms with Crippen LogP contribution in [0.15, 0.2) is 52.5 Å². The van der Waals surface area contributed by atoms with E-state index < -0.39 is 89.9 Å². The number of alkyl halides is 8. The van der Waals surface area contributed by atoms with Crippen molar-refractivity contribution in [2.75, 3.05) is 51.6 Å². The van der Waals surface area contributed by atoms with Crippen LogP contribution >= 0.6 is 0 Å². The SMILES string of the molecule is COc1cc(OC)n2nc(NS(=O)(=O)c3c(C(F)(F)F)ccnc3OC)nc2n1.COc1cnc(OC)n2nc(NS(=O)(=O)c3c(OCC(F)F)cccc3C(F)(F)F)nc12. The molecule has 0 aliphatic carbocycles. The quantitative estimate of drug-likeness (QED) is 0.147. The molecule has 0 radical (unpaired) electrons. The molecule has 0 amide bonds. The number of nitrogens with one attached hydrogen (secondary N) is 2. The average Bonchev–Trinajstić information content (AvgIpc) is 3.81. The van der Waals surface area contributed by atoms with Crippen LogP contribution in [0.1, 0.15) is 11.1 Å². The number of anilines is 2. The van der Waals surface area contributed by atoms with E-state index in [9.17, 15) is 52.0 Å². The maximum atomic E-state index is 13.5. The Labute approximate surface area is 336 Å². The van der Waals surface area contributed by atoms with Crippen LogP contribution in [0.5, 0.6) is 35.1 Å². The predicted octanol–water partition coefficient (Wildman–Crippen LogP) is 3.97. The first-order chi connectivity index (χ1) is 28.6. The number of hydrogen-bond acceptors (Lipinski definition) is 17. The number of rotatable bonds is 14. The van der Waals surface area contributed by atoms with E-state index in [1.54, 1.807) is 4.72 Å². The molecule has 0 unspecified atom stereocenters. The van der Waals surface area contributed by atoms with Gasteiger partial charge in [0.05, 0.1) is 58.9 Å². The maximum absolute atomic E-state index is 13.5. The molecule has 61 heavy (non-hydrogen) atoms. The van der Waals surface area contributed by atoms with Gasteiger partial charge in [-0.2, -0.15) is 55.3 Å². The van der Waals surface area contributed by atoms with Crippen LogP contribution in [0, 0.1) is 0 Å². The molecular formula is C30H27F8N11O10S2. The lowest BCUT2D eigenvalue weighted by molar-refractivity contribution is -0.140. The van der Waals surface area contributed by atoms with Crippen molar-refractivity contribution >= 4 is 43.4 Å². The molecule has 5 heterocycles. The zero-order valence-electron chi connectivity index (χ0n) is 31.3. The molecule has 0 spiro atoms. The molecule has 5 aromatic heterocycles. The Kier molecular flexibility index (Phi) is 12.9. The summed E-state index contributed by atoms with van der Waals surface area (Å²) < 4.78 is 192. The van der Waals surface area contributed by atoms with E-state index in [1.165, 1.54) is 40.7 Å². The van der Waals surface area contributed by atoms with Crippen molar-refractivity contribution in [1.82, 2.24) is 44.1 Å². The summed E-state index contributed by atoms with van der Waals surface area (Å²) >= 11 is 0. The van der Waals surface area contributed by atoms with Crippen molar-refractivity contribution in [1.29, 1.82) is 0 Å². The number of pyridine rings is 1. The second-order valence-electron chi connectivity index (χ2n) is 11.2. The van der Waals surface area contributed by atoms with E-state index in [2.05, 4.69) is 39.9 Å². The molecule has 0 saturated heterocycles. The summed E-state index contributed by atoms with van der Waals surface area (Å²) in [4.78, 5) is 16.5. The third kappa shape index (κ3) is 9.82. The first-order valence-electron chi connectivity index (χ1n) is 16.0. The lowest BCUT2D eigenvalue weighted by Crippen LogP contribution is -2.21. The molecular weight excluding hydrogens is 891 g/mol. The number of sulfonamides is 2. The van der Waals surface area contributed by atoms with Crippen molar-refractivity contribution in [2.45, 2.75) is 28.6 Å². The summed E-state index contributed by atoms with van der Waals surface area (Å²) in [5.74, 6) is -2.74. The summed E-state index contributed by atoms with van der Waals surface area (Å²) in [6, 6.07) is 3.86. The van der Waals surface area contributed by atoms with Crippen LogP contribution in [0.2, 0.25) is 0 Å². The topological polar surface area (TPSA) is 247 Å². The molecule has 31 heteroatoms. The second-order valence-corrected chi connectivity index (χ2v) is 14.4. The molecule has 21 nitrogen and oxygen atoms in total. The number of benzene rings is 1. The Bertz CT molecular complexity index is 2730. The van der Waals surface area contributed by atoms with E-state index in [-0.39, 0.29) is 34.9 Å². The lowest BCUT2D eigenvalue weighted by atomic mass is 10.2. The van der Waals surface area contributed by atoms with E-state index in [0.29, 0.717) is 12.1 Å². The molecule has 6 rings (SSSR count). The molecule has 1 aromatic carbocycles. The standard InChI is InChI=1S/C16H14F5N5O5S.C14H13F3N6O5S/c1-29-10-6-22-15(30-2)26-13(10)23-14(24-26)25-32(27,28)12-8(16(19,20)21)4-3-5-9(12)31-7-11(17)18;1-26-8-6-9(27-2)23-13(19-8)20-12(21-23)22-29(24,25)10-7(14(15,16)17)4-5-18-11(10)28-3/h3-6,11H,7H2,1-2H3,(H,24,25);4-6H,1-3H3,(H,21,22). The second kappa shape index (κ2) is 17.4. The summed E-state index contributed by atoms with van der Waals surface area (Å²) in [5, 5.41) is 7.65. The summed E-state index contributed by atoms with van der Waals surface area (Å²) in [6.45, 7) is -1.32. The zero-order chi connectivity index (χ0) is 45.1. The monoisotopic (exact) mass is 917 g/mol. The number of halogens is 8. The molecule has 0 atom stereocenters. The van der Waals surface area contributed by atoms with Gasteiger partial charge in [0.25, 0.3) is 44.1 Å². The highest BCUT2D eigenvalue weighted by atomic mass is 32.2. The predicted molar refractivity (Wildman–Crippen MR) is 188 cm³/mol. The first-order valence-corrected chi connectivity index (χ1v) is 19.0. The summed E-state index contributed by atoms with van der Waals surface area (Å²) in [5.41, 5.74) is -3.15. The number of methoxy groups -OCH3 is 5. The van der Waals surface area contributed by atoms with Crippen molar-refractivity contribution in [2.24, 2.45) is 0 Å². The highest BCUT2D eigenvalue weighted by Crippen LogP contribution is 2.40. The van der Waals surface area contributed by atoms with Gasteiger partial charge in [-0.05, 0) is 18.2 Å². The Morgan fingerprint density at radius 2 is 1.33 bits per heavy atom. The zero-order valence-corrected chi connectivity index (χ0v) is 32.9. The van der Waals surface area contributed by atoms with Crippen LogP contribution in [0.4, 0.5) is 47.0 Å². The van der Waals surface area contributed by atoms with Gasteiger partial charge in [-0.25, -0.2) is 40.0 Å². The third-order valence-corrected chi connectivity index (χ3v) is 10.2. The Morgan fingerprint density at radius 3 is 1.90 bits per heavy atom. The van der Waals surface area contributed by atoms with Crippen LogP contribution in [-0.2, 0) is 32.4 Å². The van der Waals surface area contributed by atoms with Gasteiger partial charge in [-0.3, -0.25) is 0 Å². The van der Waals surface area contributed by atoms with Crippen LogP contribution < -0.4 is 37.9 Å². The van der Waals surface area contributed by atoms with E-state index in [1.807, 2.05) is 4.72 Å². The molecule has 6 aromatic rings. The van der Waals surface area contributed by atoms with Gasteiger partial charge >= 0.3 is 18.4 Å². The fourth-order valence-corrected chi connectivity index (χ4v) is 7.52. The van der Waals surface area contributed by atoms with Crippen LogP contribution in [0.25, 0.3) is 11.4 Å². The first kappa shape index (κ1) is 45.3. The highest BCUT2D eigenvalue weighted by Gasteiger charge is 2.41. The van der Waals surface area contributed by atoms with Gasteiger partial charge in [0.1, 0.15) is 17.3 Å². The minimum absolute atomic E-state index is 0.0559. The van der Waals surface area contributed by atoms with Crippen molar-refractivity contribution in [3.05, 3.63) is 53.9 Å². The van der Waals surface area contributed by atoms with Gasteiger partial charge in [-0.15, -0.1) is 10.2 Å². The van der Waals surface area contributed by atoms with Crippen LogP contribution in [0.3, 0.4) is 0 Å². The van der Waals surface area contributed by atoms with Gasteiger partial charge in [0.15, 0.2) is 10.6 Å². The Balaban J connectivity index is 0.000000232. The number of aromatic nitrogens is 9. The number of hydrogen-bond donors (Lipinski definition) is 2. The molecule has 0 fully saturated rings. The number of ether oxygens (including phenoxy) is 6. The number of fused-ring (bicyclic) bond motifs is 2. The van der Waals surface area contributed by atoms with E-state index in [4.69, 9.17) is 23.7 Å². The van der Waals surface area contributed by atoms with Gasteiger partial charge in [0.2, 0.25) is 23.3 Å². The molecule has 330 valence electrons. The third-order valence-electron chi connectivity index (χ3n) is 7.39. The molecule has 2 N–H and O–H groups in total. The average molecular weight is 918 g/mol. The smallest absolute Gasteiger partial charge is 0.418 e. The van der Waals surface area contributed by atoms with Crippen molar-refractivity contribution in [3.8, 4) is 35.1 Å². The highest BCUT2D eigenvalue weighted by molar-refractivity contribution is 7.93. The largest absolute Gasteiger partial charge is 0.491 e. The fraction of sp³-hybridized carbons (Fsp3) is 0.300. The molecule has 0 aliphatic rings. The summed E-state index contributed by atoms with van der Waals surface area (Å²) in [6.07, 6.45) is -11.2. The number of nitrogens with zero attached hydrogens (tertiary/aromatic N) is 9. The summed E-state index contributed by atoms with van der Waals surface area (Å²) in [7, 11) is -3.76. The van der Waals surface area contributed by atoms with E-state index >= 15 is 0 Å².